The van der Waals surface area contributed by atoms with Crippen LogP contribution in [0.4, 0.5) is 14.6 Å². The first-order valence-corrected chi connectivity index (χ1v) is 15.3. The van der Waals surface area contributed by atoms with Crippen molar-refractivity contribution in [3.05, 3.63) is 64.6 Å². The van der Waals surface area contributed by atoms with Crippen LogP contribution in [0.25, 0.3) is 22.0 Å². The average Bonchev–Trinajstić information content (AvgIpc) is 3.44. The average molecular weight is 580 g/mol. The molecule has 10 heteroatoms. The number of nitrogens with zero attached hydrogens (tertiary/aromatic N) is 5. The molecule has 2 saturated heterocycles. The predicted molar refractivity (Wildman–Crippen MR) is 160 cm³/mol. The van der Waals surface area contributed by atoms with E-state index in [0.717, 1.165) is 59.9 Å². The number of rotatable bonds is 5. The number of hydrogen-bond acceptors (Lipinski definition) is 6. The van der Waals surface area contributed by atoms with Crippen LogP contribution in [0.1, 0.15) is 38.3 Å². The maximum absolute atomic E-state index is 15.2. The number of carbonyl (C=O) groups is 1. The van der Waals surface area contributed by atoms with Gasteiger partial charge in [-0.25, -0.2) is 13.6 Å². The van der Waals surface area contributed by atoms with Gasteiger partial charge in [-0.05, 0) is 76.5 Å². The fourth-order valence-corrected chi connectivity index (χ4v) is 8.30. The number of amides is 1. The van der Waals surface area contributed by atoms with Crippen LogP contribution in [0.15, 0.2) is 46.6 Å². The number of thioether (sulfide) groups is 1. The summed E-state index contributed by atoms with van der Waals surface area (Å²) in [5, 5.41) is 0.838. The van der Waals surface area contributed by atoms with Gasteiger partial charge in [0.05, 0.1) is 11.6 Å². The van der Waals surface area contributed by atoms with Crippen molar-refractivity contribution >= 4 is 34.4 Å². The molecule has 4 heterocycles. The van der Waals surface area contributed by atoms with Crippen molar-refractivity contribution in [2.75, 3.05) is 43.4 Å². The number of anilines is 1. The molecule has 41 heavy (non-hydrogen) atoms. The molecule has 0 saturated carbocycles. The maximum Gasteiger partial charge on any atom is 0.350 e. The summed E-state index contributed by atoms with van der Waals surface area (Å²) in [6.45, 7) is 13.4. The molecule has 0 radical (unpaired) electrons. The van der Waals surface area contributed by atoms with Crippen molar-refractivity contribution in [3.8, 4) is 11.1 Å². The minimum absolute atomic E-state index is 0.0734. The van der Waals surface area contributed by atoms with Gasteiger partial charge in [0.1, 0.15) is 17.5 Å². The molecule has 0 aliphatic carbocycles. The SMILES string of the molecule is C=CC(=O)N1[C@H](C)CN(c2nc(=O)n3c4c(c(-c5ccc(F)cc5F)c(C)cc24)SCC3CN2CCCC2)C[C@@H]1C. The van der Waals surface area contributed by atoms with Gasteiger partial charge in [0.15, 0.2) is 0 Å². The zero-order chi connectivity index (χ0) is 29.0. The predicted octanol–water partition coefficient (Wildman–Crippen LogP) is 5.00. The largest absolute Gasteiger partial charge is 0.352 e. The van der Waals surface area contributed by atoms with Gasteiger partial charge in [0.25, 0.3) is 0 Å². The van der Waals surface area contributed by atoms with E-state index in [1.165, 1.54) is 18.2 Å². The maximum atomic E-state index is 15.2. The van der Waals surface area contributed by atoms with Gasteiger partial charge in [0.2, 0.25) is 5.91 Å². The zero-order valence-corrected chi connectivity index (χ0v) is 24.5. The number of likely N-dealkylation sites (tertiary alicyclic amines) is 1. The summed E-state index contributed by atoms with van der Waals surface area (Å²) in [4.78, 5) is 38.3. The van der Waals surface area contributed by atoms with Crippen molar-refractivity contribution < 1.29 is 13.6 Å². The van der Waals surface area contributed by atoms with Gasteiger partial charge >= 0.3 is 5.69 Å². The third kappa shape index (κ3) is 4.84. The second-order valence-electron chi connectivity index (χ2n) is 11.5. The van der Waals surface area contributed by atoms with E-state index in [1.807, 2.05) is 36.3 Å². The lowest BCUT2D eigenvalue weighted by Gasteiger charge is -2.45. The molecule has 1 unspecified atom stereocenters. The standard InChI is InChI=1S/C31H35F2N5O2S/c1-5-26(39)37-19(3)14-36(15-20(37)4)30-24-12-18(2)27(23-9-8-21(32)13-25(23)33)29-28(24)38(31(40)34-30)22(17-41-29)16-35-10-6-7-11-35/h5,8-9,12-13,19-20,22H,1,6-7,10-11,14-17H2,2-4H3/t19-,20+,22?. The number of halogens is 2. The van der Waals surface area contributed by atoms with E-state index in [2.05, 4.69) is 21.4 Å². The van der Waals surface area contributed by atoms with E-state index in [-0.39, 0.29) is 29.7 Å². The van der Waals surface area contributed by atoms with Gasteiger partial charge in [-0.15, -0.1) is 11.8 Å². The molecule has 1 amide bonds. The minimum Gasteiger partial charge on any atom is -0.352 e. The van der Waals surface area contributed by atoms with Gasteiger partial charge < -0.3 is 14.7 Å². The van der Waals surface area contributed by atoms with Crippen LogP contribution < -0.4 is 10.6 Å². The Morgan fingerprint density at radius 3 is 2.51 bits per heavy atom. The third-order valence-electron chi connectivity index (χ3n) is 8.64. The minimum atomic E-state index is -0.627. The van der Waals surface area contributed by atoms with Crippen LogP contribution >= 0.6 is 11.8 Å². The summed E-state index contributed by atoms with van der Waals surface area (Å²) in [7, 11) is 0. The Hall–Kier alpha value is -3.24. The summed E-state index contributed by atoms with van der Waals surface area (Å²) in [5.41, 5.74) is 2.28. The molecule has 7 nitrogen and oxygen atoms in total. The Labute approximate surface area is 242 Å². The second-order valence-corrected chi connectivity index (χ2v) is 12.6. The number of hydrogen-bond donors (Lipinski definition) is 0. The van der Waals surface area contributed by atoms with Crippen LogP contribution in [0.2, 0.25) is 0 Å². The molecule has 1 aromatic heterocycles. The van der Waals surface area contributed by atoms with Crippen molar-refractivity contribution in [1.29, 1.82) is 0 Å². The summed E-state index contributed by atoms with van der Waals surface area (Å²) >= 11 is 1.64. The Morgan fingerprint density at radius 2 is 1.85 bits per heavy atom. The van der Waals surface area contributed by atoms with Crippen LogP contribution in [0.3, 0.4) is 0 Å². The normalized spacial score (nSPS) is 22.9. The quantitative estimate of drug-likeness (QED) is 0.397. The highest BCUT2D eigenvalue weighted by Crippen LogP contribution is 2.46. The van der Waals surface area contributed by atoms with Gasteiger partial charge in [0, 0.05) is 64.9 Å². The summed E-state index contributed by atoms with van der Waals surface area (Å²) in [5.74, 6) is -0.120. The number of benzene rings is 2. The molecule has 2 fully saturated rings. The summed E-state index contributed by atoms with van der Waals surface area (Å²) in [6.07, 6.45) is 3.65. The molecule has 3 aliphatic heterocycles. The lowest BCUT2D eigenvalue weighted by Crippen LogP contribution is -2.58. The van der Waals surface area contributed by atoms with Gasteiger partial charge in [-0.2, -0.15) is 4.98 Å². The highest BCUT2D eigenvalue weighted by Gasteiger charge is 2.36. The summed E-state index contributed by atoms with van der Waals surface area (Å²) in [6, 6.07) is 5.36. The van der Waals surface area contributed by atoms with Gasteiger partial charge in [-0.1, -0.05) is 6.58 Å². The number of aromatic nitrogens is 2. The molecule has 2 aromatic carbocycles. The molecule has 0 bridgehead atoms. The second kappa shape index (κ2) is 10.9. The van der Waals surface area contributed by atoms with E-state index in [9.17, 15) is 14.0 Å². The first-order valence-electron chi connectivity index (χ1n) is 14.3. The Balaban J connectivity index is 1.55. The van der Waals surface area contributed by atoms with Crippen molar-refractivity contribution in [2.45, 2.75) is 56.6 Å². The molecular formula is C31H35F2N5O2S. The van der Waals surface area contributed by atoms with Crippen LogP contribution in [-0.2, 0) is 4.79 Å². The Bertz CT molecular complexity index is 1590. The van der Waals surface area contributed by atoms with Crippen molar-refractivity contribution in [1.82, 2.24) is 19.4 Å². The molecule has 0 spiro atoms. The monoisotopic (exact) mass is 579 g/mol. The first kappa shape index (κ1) is 27.9. The van der Waals surface area contributed by atoms with E-state index in [4.69, 9.17) is 0 Å². The van der Waals surface area contributed by atoms with Crippen LogP contribution in [0, 0.1) is 18.6 Å². The highest BCUT2D eigenvalue weighted by atomic mass is 32.2. The summed E-state index contributed by atoms with van der Waals surface area (Å²) < 4.78 is 30.9. The molecule has 3 aromatic rings. The molecule has 216 valence electrons. The topological polar surface area (TPSA) is 61.7 Å². The zero-order valence-electron chi connectivity index (χ0n) is 23.7. The van der Waals surface area contributed by atoms with Crippen LogP contribution in [-0.4, -0.2) is 75.8 Å². The molecule has 3 atom stereocenters. The molecule has 0 N–H and O–H groups in total. The smallest absolute Gasteiger partial charge is 0.350 e. The van der Waals surface area contributed by atoms with E-state index < -0.39 is 11.6 Å². The Kier molecular flexibility index (Phi) is 7.40. The van der Waals surface area contributed by atoms with E-state index in [0.29, 0.717) is 35.8 Å². The van der Waals surface area contributed by atoms with Crippen molar-refractivity contribution in [3.63, 3.8) is 0 Å². The van der Waals surface area contributed by atoms with E-state index >= 15 is 4.39 Å². The number of carbonyl (C=O) groups excluding carboxylic acids is 1. The molecule has 6 rings (SSSR count). The lowest BCUT2D eigenvalue weighted by atomic mass is 9.96. The van der Waals surface area contributed by atoms with Crippen molar-refractivity contribution in [2.24, 2.45) is 0 Å². The number of piperazine rings is 1. The Morgan fingerprint density at radius 1 is 1.15 bits per heavy atom. The highest BCUT2D eigenvalue weighted by molar-refractivity contribution is 7.99. The van der Waals surface area contributed by atoms with Crippen LogP contribution in [0.5, 0.6) is 0 Å². The first-order chi connectivity index (χ1) is 19.7. The van der Waals surface area contributed by atoms with Gasteiger partial charge in [-0.3, -0.25) is 9.36 Å². The molecular weight excluding hydrogens is 544 g/mol. The lowest BCUT2D eigenvalue weighted by molar-refractivity contribution is -0.130. The number of aryl methyl sites for hydroxylation is 1. The fraction of sp³-hybridized carbons (Fsp3) is 0.452. The van der Waals surface area contributed by atoms with E-state index in [1.54, 1.807) is 11.8 Å². The third-order valence-corrected chi connectivity index (χ3v) is 9.88. The fourth-order valence-electron chi connectivity index (χ4n) is 6.92. The molecule has 3 aliphatic rings.